The Kier molecular flexibility index (Phi) is 6.63. The van der Waals surface area contributed by atoms with Gasteiger partial charge in [0.1, 0.15) is 11.5 Å². The summed E-state index contributed by atoms with van der Waals surface area (Å²) in [5.74, 6) is 2.41. The molecule has 0 saturated carbocycles. The van der Waals surface area contributed by atoms with Crippen molar-refractivity contribution in [2.45, 2.75) is 51.9 Å². The van der Waals surface area contributed by atoms with Gasteiger partial charge in [0.25, 0.3) is 0 Å². The SMILES string of the molecule is CCCCCC(CC)c1ccc(OC)cc1OC. The Morgan fingerprint density at radius 3 is 2.39 bits per heavy atom. The Balaban J connectivity index is 2.83. The molecule has 0 heterocycles. The number of rotatable bonds is 8. The van der Waals surface area contributed by atoms with Crippen LogP contribution in [0.4, 0.5) is 0 Å². The molecule has 0 spiro atoms. The van der Waals surface area contributed by atoms with E-state index in [1.807, 2.05) is 12.1 Å². The monoisotopic (exact) mass is 250 g/mol. The maximum atomic E-state index is 5.50. The van der Waals surface area contributed by atoms with Gasteiger partial charge in [-0.05, 0) is 30.4 Å². The molecular formula is C16H26O2. The molecule has 0 amide bonds. The molecule has 18 heavy (non-hydrogen) atoms. The quantitative estimate of drug-likeness (QED) is 0.618. The second kappa shape index (κ2) is 8.02. The van der Waals surface area contributed by atoms with E-state index in [0.29, 0.717) is 5.92 Å². The third-order valence-corrected chi connectivity index (χ3v) is 3.53. The Labute approximate surface area is 111 Å². The van der Waals surface area contributed by atoms with Gasteiger partial charge in [-0.2, -0.15) is 0 Å². The summed E-state index contributed by atoms with van der Waals surface area (Å²) >= 11 is 0. The number of hydrogen-bond acceptors (Lipinski definition) is 2. The van der Waals surface area contributed by atoms with E-state index in [1.165, 1.54) is 31.2 Å². The van der Waals surface area contributed by atoms with E-state index < -0.39 is 0 Å². The molecule has 1 rings (SSSR count). The Hall–Kier alpha value is -1.18. The zero-order valence-electron chi connectivity index (χ0n) is 12.2. The van der Waals surface area contributed by atoms with Crippen LogP contribution in [0.1, 0.15) is 57.4 Å². The molecule has 0 aliphatic rings. The summed E-state index contributed by atoms with van der Waals surface area (Å²) in [6, 6.07) is 6.16. The van der Waals surface area contributed by atoms with Crippen molar-refractivity contribution in [1.82, 2.24) is 0 Å². The van der Waals surface area contributed by atoms with E-state index in [0.717, 1.165) is 17.9 Å². The summed E-state index contributed by atoms with van der Waals surface area (Å²) in [7, 11) is 3.42. The second-order valence-corrected chi connectivity index (χ2v) is 4.71. The predicted octanol–water partition coefficient (Wildman–Crippen LogP) is 4.78. The molecule has 1 aromatic rings. The Morgan fingerprint density at radius 1 is 1.06 bits per heavy atom. The number of hydrogen-bond donors (Lipinski definition) is 0. The number of unbranched alkanes of at least 4 members (excludes halogenated alkanes) is 2. The molecule has 0 aliphatic carbocycles. The highest BCUT2D eigenvalue weighted by molar-refractivity contribution is 5.42. The fraction of sp³-hybridized carbons (Fsp3) is 0.625. The van der Waals surface area contributed by atoms with Gasteiger partial charge in [-0.15, -0.1) is 0 Å². The van der Waals surface area contributed by atoms with Gasteiger partial charge in [-0.1, -0.05) is 39.2 Å². The summed E-state index contributed by atoms with van der Waals surface area (Å²) in [5.41, 5.74) is 1.32. The topological polar surface area (TPSA) is 18.5 Å². The van der Waals surface area contributed by atoms with Crippen molar-refractivity contribution >= 4 is 0 Å². The molecule has 0 radical (unpaired) electrons. The minimum absolute atomic E-state index is 0.595. The van der Waals surface area contributed by atoms with Crippen LogP contribution in [-0.2, 0) is 0 Å². The highest BCUT2D eigenvalue weighted by Crippen LogP contribution is 2.35. The van der Waals surface area contributed by atoms with E-state index >= 15 is 0 Å². The molecule has 0 aromatic heterocycles. The van der Waals surface area contributed by atoms with Crippen molar-refractivity contribution in [1.29, 1.82) is 0 Å². The van der Waals surface area contributed by atoms with E-state index in [2.05, 4.69) is 19.9 Å². The fourth-order valence-electron chi connectivity index (χ4n) is 2.38. The van der Waals surface area contributed by atoms with Gasteiger partial charge in [0.2, 0.25) is 0 Å². The van der Waals surface area contributed by atoms with E-state index in [-0.39, 0.29) is 0 Å². The maximum Gasteiger partial charge on any atom is 0.126 e. The van der Waals surface area contributed by atoms with Gasteiger partial charge in [-0.3, -0.25) is 0 Å². The van der Waals surface area contributed by atoms with E-state index in [4.69, 9.17) is 9.47 Å². The average molecular weight is 250 g/mol. The molecule has 1 unspecified atom stereocenters. The minimum atomic E-state index is 0.595. The predicted molar refractivity (Wildman–Crippen MR) is 76.7 cm³/mol. The standard InChI is InChI=1S/C16H26O2/c1-5-7-8-9-13(6-2)15-11-10-14(17-3)12-16(15)18-4/h10-13H,5-9H2,1-4H3. The van der Waals surface area contributed by atoms with Gasteiger partial charge in [0, 0.05) is 6.07 Å². The Morgan fingerprint density at radius 2 is 1.83 bits per heavy atom. The van der Waals surface area contributed by atoms with Crippen molar-refractivity contribution in [3.63, 3.8) is 0 Å². The Bertz CT molecular complexity index is 347. The van der Waals surface area contributed by atoms with Crippen LogP contribution < -0.4 is 9.47 Å². The van der Waals surface area contributed by atoms with Gasteiger partial charge in [0.05, 0.1) is 14.2 Å². The lowest BCUT2D eigenvalue weighted by atomic mass is 9.90. The summed E-state index contributed by atoms with van der Waals surface area (Å²) in [5, 5.41) is 0. The van der Waals surface area contributed by atoms with E-state index in [9.17, 15) is 0 Å². The fourth-order valence-corrected chi connectivity index (χ4v) is 2.38. The second-order valence-electron chi connectivity index (χ2n) is 4.71. The first-order valence-corrected chi connectivity index (χ1v) is 6.98. The molecule has 0 saturated heterocycles. The van der Waals surface area contributed by atoms with Crippen molar-refractivity contribution in [3.05, 3.63) is 23.8 Å². The largest absolute Gasteiger partial charge is 0.497 e. The van der Waals surface area contributed by atoms with Gasteiger partial charge in [0.15, 0.2) is 0 Å². The summed E-state index contributed by atoms with van der Waals surface area (Å²) in [6.45, 7) is 4.50. The normalized spacial score (nSPS) is 12.2. The lowest BCUT2D eigenvalue weighted by Crippen LogP contribution is -2.01. The molecule has 2 nitrogen and oxygen atoms in total. The molecule has 102 valence electrons. The van der Waals surface area contributed by atoms with Gasteiger partial charge >= 0.3 is 0 Å². The number of benzene rings is 1. The van der Waals surface area contributed by atoms with Gasteiger partial charge < -0.3 is 9.47 Å². The molecule has 0 aliphatic heterocycles. The average Bonchev–Trinajstić information content (AvgIpc) is 2.43. The number of ether oxygens (including phenoxy) is 2. The summed E-state index contributed by atoms with van der Waals surface area (Å²) < 4.78 is 10.7. The lowest BCUT2D eigenvalue weighted by Gasteiger charge is -2.19. The molecule has 2 heteroatoms. The van der Waals surface area contributed by atoms with Crippen molar-refractivity contribution in [2.24, 2.45) is 0 Å². The van der Waals surface area contributed by atoms with Crippen LogP contribution in [0.2, 0.25) is 0 Å². The van der Waals surface area contributed by atoms with Crippen LogP contribution in [0.5, 0.6) is 11.5 Å². The lowest BCUT2D eigenvalue weighted by molar-refractivity contribution is 0.385. The van der Waals surface area contributed by atoms with Crippen LogP contribution in [0.25, 0.3) is 0 Å². The van der Waals surface area contributed by atoms with Crippen LogP contribution >= 0.6 is 0 Å². The smallest absolute Gasteiger partial charge is 0.126 e. The van der Waals surface area contributed by atoms with Crippen LogP contribution in [0.15, 0.2) is 18.2 Å². The van der Waals surface area contributed by atoms with Crippen molar-refractivity contribution < 1.29 is 9.47 Å². The van der Waals surface area contributed by atoms with Crippen molar-refractivity contribution in [3.8, 4) is 11.5 Å². The highest BCUT2D eigenvalue weighted by Gasteiger charge is 2.14. The highest BCUT2D eigenvalue weighted by atomic mass is 16.5. The van der Waals surface area contributed by atoms with Crippen LogP contribution in [-0.4, -0.2) is 14.2 Å². The maximum absolute atomic E-state index is 5.50. The molecule has 1 atom stereocenters. The van der Waals surface area contributed by atoms with Crippen LogP contribution in [0, 0.1) is 0 Å². The van der Waals surface area contributed by atoms with Crippen LogP contribution in [0.3, 0.4) is 0 Å². The zero-order chi connectivity index (χ0) is 13.4. The zero-order valence-corrected chi connectivity index (χ0v) is 12.2. The molecule has 1 aromatic carbocycles. The first-order valence-electron chi connectivity index (χ1n) is 6.98. The minimum Gasteiger partial charge on any atom is -0.497 e. The third-order valence-electron chi connectivity index (χ3n) is 3.53. The molecule has 0 fully saturated rings. The summed E-state index contributed by atoms with van der Waals surface area (Å²) in [4.78, 5) is 0. The molecule has 0 bridgehead atoms. The number of methoxy groups -OCH3 is 2. The summed E-state index contributed by atoms with van der Waals surface area (Å²) in [6.07, 6.45) is 6.29. The molecular weight excluding hydrogens is 224 g/mol. The van der Waals surface area contributed by atoms with Crippen molar-refractivity contribution in [2.75, 3.05) is 14.2 Å². The first kappa shape index (κ1) is 14.9. The molecule has 0 N–H and O–H groups in total. The van der Waals surface area contributed by atoms with E-state index in [1.54, 1.807) is 14.2 Å². The third kappa shape index (κ3) is 3.94. The first-order chi connectivity index (χ1) is 8.76. The van der Waals surface area contributed by atoms with Gasteiger partial charge in [-0.25, -0.2) is 0 Å².